The van der Waals surface area contributed by atoms with Crippen LogP contribution in [0.2, 0.25) is 0 Å². The summed E-state index contributed by atoms with van der Waals surface area (Å²) in [6, 6.07) is 5.16. The predicted octanol–water partition coefficient (Wildman–Crippen LogP) is 2.40. The summed E-state index contributed by atoms with van der Waals surface area (Å²) in [5.74, 6) is 0.758. The summed E-state index contributed by atoms with van der Waals surface area (Å²) >= 11 is 0. The molecule has 1 aliphatic heterocycles. The minimum absolute atomic E-state index is 0.173. The third-order valence-corrected chi connectivity index (χ3v) is 3.56. The molecule has 0 spiro atoms. The van der Waals surface area contributed by atoms with Crippen molar-refractivity contribution in [3.8, 4) is 11.3 Å². The molecule has 3 nitrogen and oxygen atoms in total. The molecule has 0 saturated carbocycles. The minimum atomic E-state index is -0.173. The highest BCUT2D eigenvalue weighted by molar-refractivity contribution is 5.64. The first-order chi connectivity index (χ1) is 8.70. The first kappa shape index (κ1) is 11.4. The molecular weight excluding hydrogens is 229 g/mol. The van der Waals surface area contributed by atoms with E-state index in [1.54, 1.807) is 13.0 Å². The molecule has 0 saturated heterocycles. The monoisotopic (exact) mass is 245 g/mol. The number of hydrogen-bond donors (Lipinski definition) is 1. The Labute approximate surface area is 105 Å². The number of rotatable bonds is 2. The summed E-state index contributed by atoms with van der Waals surface area (Å²) < 4.78 is 15.5. The Morgan fingerprint density at radius 1 is 1.44 bits per heavy atom. The van der Waals surface area contributed by atoms with Crippen molar-refractivity contribution >= 4 is 0 Å². The van der Waals surface area contributed by atoms with Gasteiger partial charge >= 0.3 is 0 Å². The van der Waals surface area contributed by atoms with E-state index >= 15 is 0 Å². The van der Waals surface area contributed by atoms with Crippen LogP contribution in [-0.2, 0) is 19.5 Å². The van der Waals surface area contributed by atoms with Gasteiger partial charge in [-0.1, -0.05) is 0 Å². The molecule has 94 valence electrons. The molecule has 0 bridgehead atoms. The van der Waals surface area contributed by atoms with Crippen molar-refractivity contribution in [1.82, 2.24) is 9.55 Å². The number of imidazole rings is 1. The summed E-state index contributed by atoms with van der Waals surface area (Å²) in [6.07, 6.45) is 2.16. The largest absolute Gasteiger partial charge is 0.330 e. The summed E-state index contributed by atoms with van der Waals surface area (Å²) in [5, 5.41) is 0. The summed E-state index contributed by atoms with van der Waals surface area (Å²) in [5.41, 5.74) is 9.57. The number of benzene rings is 1. The molecule has 18 heavy (non-hydrogen) atoms. The second kappa shape index (κ2) is 4.21. The maximum absolute atomic E-state index is 13.3. The van der Waals surface area contributed by atoms with E-state index in [2.05, 4.69) is 9.55 Å². The van der Waals surface area contributed by atoms with Crippen molar-refractivity contribution < 1.29 is 4.39 Å². The van der Waals surface area contributed by atoms with E-state index in [0.717, 1.165) is 36.5 Å². The minimum Gasteiger partial charge on any atom is -0.330 e. The Balaban J connectivity index is 2.14. The van der Waals surface area contributed by atoms with E-state index in [9.17, 15) is 4.39 Å². The first-order valence-electron chi connectivity index (χ1n) is 6.25. The Morgan fingerprint density at radius 2 is 2.28 bits per heavy atom. The van der Waals surface area contributed by atoms with Gasteiger partial charge in [0, 0.05) is 17.8 Å². The number of halogens is 1. The summed E-state index contributed by atoms with van der Waals surface area (Å²) in [6.45, 7) is 3.22. The van der Waals surface area contributed by atoms with Gasteiger partial charge in [-0.15, -0.1) is 0 Å². The van der Waals surface area contributed by atoms with Gasteiger partial charge in [0.2, 0.25) is 0 Å². The van der Waals surface area contributed by atoms with Crippen molar-refractivity contribution in [3.05, 3.63) is 41.1 Å². The van der Waals surface area contributed by atoms with Crippen molar-refractivity contribution in [1.29, 1.82) is 0 Å². The molecule has 0 radical (unpaired) electrons. The quantitative estimate of drug-likeness (QED) is 0.883. The third kappa shape index (κ3) is 1.64. The molecule has 0 fully saturated rings. The van der Waals surface area contributed by atoms with E-state index in [1.807, 2.05) is 6.07 Å². The maximum Gasteiger partial charge on any atom is 0.126 e. The molecule has 1 aliphatic rings. The average molecular weight is 245 g/mol. The van der Waals surface area contributed by atoms with E-state index in [0.29, 0.717) is 12.1 Å². The van der Waals surface area contributed by atoms with Gasteiger partial charge < -0.3 is 10.3 Å². The van der Waals surface area contributed by atoms with Crippen LogP contribution in [0.4, 0.5) is 4.39 Å². The Hall–Kier alpha value is -1.68. The lowest BCUT2D eigenvalue weighted by atomic mass is 10.1. The molecule has 0 amide bonds. The van der Waals surface area contributed by atoms with Gasteiger partial charge in [0.05, 0.1) is 12.2 Å². The smallest absolute Gasteiger partial charge is 0.126 e. The van der Waals surface area contributed by atoms with Gasteiger partial charge in [0.1, 0.15) is 11.6 Å². The van der Waals surface area contributed by atoms with E-state index in [-0.39, 0.29) is 5.82 Å². The van der Waals surface area contributed by atoms with Crippen LogP contribution in [0.5, 0.6) is 0 Å². The fraction of sp³-hybridized carbons (Fsp3) is 0.357. The topological polar surface area (TPSA) is 43.8 Å². The number of fused-ring (bicyclic) bond motifs is 1. The van der Waals surface area contributed by atoms with Crippen molar-refractivity contribution in [3.63, 3.8) is 0 Å². The third-order valence-electron chi connectivity index (χ3n) is 3.56. The molecule has 0 aliphatic carbocycles. The number of hydrogen-bond acceptors (Lipinski definition) is 2. The van der Waals surface area contributed by atoms with Crippen molar-refractivity contribution in [2.24, 2.45) is 5.73 Å². The fourth-order valence-electron chi connectivity index (χ4n) is 2.64. The molecule has 2 heterocycles. The number of aromatic nitrogens is 2. The lowest BCUT2D eigenvalue weighted by Gasteiger charge is -2.02. The Morgan fingerprint density at radius 3 is 3.00 bits per heavy atom. The molecule has 1 aromatic carbocycles. The van der Waals surface area contributed by atoms with Crippen LogP contribution in [-0.4, -0.2) is 9.55 Å². The number of nitrogens with two attached hydrogens (primary N) is 1. The zero-order valence-electron chi connectivity index (χ0n) is 10.4. The molecule has 2 aromatic rings. The normalized spacial score (nSPS) is 13.9. The summed E-state index contributed by atoms with van der Waals surface area (Å²) in [7, 11) is 0. The highest BCUT2D eigenvalue weighted by atomic mass is 19.1. The highest BCUT2D eigenvalue weighted by Gasteiger charge is 2.21. The van der Waals surface area contributed by atoms with Crippen LogP contribution in [0.1, 0.15) is 23.5 Å². The Bertz CT molecular complexity index is 601. The number of nitrogens with zero attached hydrogens (tertiary/aromatic N) is 2. The van der Waals surface area contributed by atoms with Crippen LogP contribution in [0.3, 0.4) is 0 Å². The van der Waals surface area contributed by atoms with Gasteiger partial charge in [-0.3, -0.25) is 0 Å². The fourth-order valence-corrected chi connectivity index (χ4v) is 2.64. The zero-order valence-corrected chi connectivity index (χ0v) is 10.4. The van der Waals surface area contributed by atoms with Crippen LogP contribution < -0.4 is 5.73 Å². The van der Waals surface area contributed by atoms with Crippen LogP contribution in [0.25, 0.3) is 11.3 Å². The lowest BCUT2D eigenvalue weighted by molar-refractivity contribution is 0.618. The number of aryl methyl sites for hydroxylation is 1. The maximum atomic E-state index is 13.3. The second-order valence-corrected chi connectivity index (χ2v) is 4.75. The predicted molar refractivity (Wildman–Crippen MR) is 68.6 cm³/mol. The lowest BCUT2D eigenvalue weighted by Crippen LogP contribution is -2.06. The molecule has 2 N–H and O–H groups in total. The van der Waals surface area contributed by atoms with Gasteiger partial charge in [-0.25, -0.2) is 9.37 Å². The van der Waals surface area contributed by atoms with Gasteiger partial charge in [-0.2, -0.15) is 0 Å². The van der Waals surface area contributed by atoms with E-state index in [1.165, 1.54) is 11.8 Å². The molecule has 1 aromatic heterocycles. The van der Waals surface area contributed by atoms with Gasteiger partial charge in [0.25, 0.3) is 0 Å². The molecular formula is C14H16FN3. The SMILES string of the molecule is Cc1cc(-c2nc(CN)n3c2CCC3)ccc1F. The van der Waals surface area contributed by atoms with Gasteiger partial charge in [-0.05, 0) is 43.5 Å². The standard InChI is InChI=1S/C14H16FN3/c1-9-7-10(4-5-11(9)15)14-12-3-2-6-18(12)13(8-16)17-14/h4-5,7H,2-3,6,8,16H2,1H3. The summed E-state index contributed by atoms with van der Waals surface area (Å²) in [4.78, 5) is 4.61. The van der Waals surface area contributed by atoms with Crippen LogP contribution in [0.15, 0.2) is 18.2 Å². The molecule has 0 unspecified atom stereocenters. The van der Waals surface area contributed by atoms with Crippen molar-refractivity contribution in [2.45, 2.75) is 32.9 Å². The van der Waals surface area contributed by atoms with Crippen LogP contribution >= 0.6 is 0 Å². The first-order valence-corrected chi connectivity index (χ1v) is 6.25. The molecule has 4 heteroatoms. The van der Waals surface area contributed by atoms with Crippen molar-refractivity contribution in [2.75, 3.05) is 0 Å². The molecule has 3 rings (SSSR count). The van der Waals surface area contributed by atoms with E-state index < -0.39 is 0 Å². The highest BCUT2D eigenvalue weighted by Crippen LogP contribution is 2.30. The van der Waals surface area contributed by atoms with E-state index in [4.69, 9.17) is 5.73 Å². The van der Waals surface area contributed by atoms with Crippen LogP contribution in [0, 0.1) is 12.7 Å². The second-order valence-electron chi connectivity index (χ2n) is 4.75. The Kier molecular flexibility index (Phi) is 2.67. The average Bonchev–Trinajstić information content (AvgIpc) is 2.94. The molecule has 0 atom stereocenters. The van der Waals surface area contributed by atoms with Gasteiger partial charge in [0.15, 0.2) is 0 Å². The zero-order chi connectivity index (χ0) is 12.7.